The van der Waals surface area contributed by atoms with Gasteiger partial charge in [0.05, 0.1) is 5.02 Å². The molecule has 1 aromatic rings. The van der Waals surface area contributed by atoms with Gasteiger partial charge in [-0.05, 0) is 62.1 Å². The smallest absolute Gasteiger partial charge is 0.280 e. The number of ether oxygens (including phenoxy) is 1. The molecule has 4 nitrogen and oxygen atoms in total. The number of nitrogens with zero attached hydrogens (tertiary/aromatic N) is 1. The van der Waals surface area contributed by atoms with Crippen LogP contribution in [0.2, 0.25) is 10.0 Å². The zero-order chi connectivity index (χ0) is 16.4. The van der Waals surface area contributed by atoms with Crippen LogP contribution in [0, 0.1) is 17.8 Å². The number of carbonyl (C=O) groups excluding carboxylic acids is 1. The number of carbonyl (C=O) groups is 1. The van der Waals surface area contributed by atoms with Crippen LogP contribution < -0.4 is 10.2 Å². The highest BCUT2D eigenvalue weighted by atomic mass is 35.5. The van der Waals surface area contributed by atoms with Crippen molar-refractivity contribution in [2.45, 2.75) is 38.7 Å². The lowest BCUT2D eigenvalue weighted by atomic mass is 9.90. The number of hydrogen-bond donors (Lipinski definition) is 1. The van der Waals surface area contributed by atoms with Crippen LogP contribution in [-0.4, -0.2) is 18.2 Å². The van der Waals surface area contributed by atoms with Gasteiger partial charge in [0, 0.05) is 11.2 Å². The minimum atomic E-state index is -0.689. The van der Waals surface area contributed by atoms with E-state index in [2.05, 4.69) is 10.5 Å². The van der Waals surface area contributed by atoms with Crippen molar-refractivity contribution in [1.29, 1.82) is 0 Å². The van der Waals surface area contributed by atoms with Gasteiger partial charge in [0.2, 0.25) is 0 Å². The molecular formula is C17H20Cl2N2O2. The molecule has 2 bridgehead atoms. The van der Waals surface area contributed by atoms with E-state index in [1.54, 1.807) is 25.1 Å². The number of benzene rings is 1. The van der Waals surface area contributed by atoms with E-state index in [4.69, 9.17) is 27.9 Å². The van der Waals surface area contributed by atoms with Gasteiger partial charge in [-0.3, -0.25) is 4.79 Å². The third kappa shape index (κ3) is 3.99. The van der Waals surface area contributed by atoms with Crippen molar-refractivity contribution in [3.63, 3.8) is 0 Å². The van der Waals surface area contributed by atoms with Crippen LogP contribution in [0.5, 0.6) is 5.75 Å². The van der Waals surface area contributed by atoms with Crippen molar-refractivity contribution in [2.24, 2.45) is 22.9 Å². The SMILES string of the molecule is CC(Oc1ccc(Cl)cc1Cl)C(=O)NN=CC1CC2CCC1C2. The molecule has 2 fully saturated rings. The van der Waals surface area contributed by atoms with Crippen LogP contribution in [0.3, 0.4) is 0 Å². The third-order valence-electron chi connectivity index (χ3n) is 4.80. The maximum absolute atomic E-state index is 12.0. The molecule has 0 heterocycles. The number of rotatable bonds is 5. The van der Waals surface area contributed by atoms with Crippen LogP contribution >= 0.6 is 23.2 Å². The molecule has 3 rings (SSSR count). The maximum Gasteiger partial charge on any atom is 0.280 e. The lowest BCUT2D eigenvalue weighted by Crippen LogP contribution is -2.33. The molecule has 4 atom stereocenters. The minimum Gasteiger partial charge on any atom is -0.479 e. The number of hydrazone groups is 1. The van der Waals surface area contributed by atoms with Crippen LogP contribution in [0.15, 0.2) is 23.3 Å². The molecule has 1 N–H and O–H groups in total. The Morgan fingerprint density at radius 1 is 1.39 bits per heavy atom. The zero-order valence-corrected chi connectivity index (χ0v) is 14.5. The van der Waals surface area contributed by atoms with Crippen LogP contribution in [-0.2, 0) is 4.79 Å². The number of amides is 1. The van der Waals surface area contributed by atoms with Gasteiger partial charge in [-0.15, -0.1) is 0 Å². The van der Waals surface area contributed by atoms with E-state index in [-0.39, 0.29) is 5.91 Å². The number of hydrogen-bond acceptors (Lipinski definition) is 3. The normalized spacial score (nSPS) is 27.3. The molecule has 0 aromatic heterocycles. The summed E-state index contributed by atoms with van der Waals surface area (Å²) in [6, 6.07) is 4.89. The predicted molar refractivity (Wildman–Crippen MR) is 92.1 cm³/mol. The van der Waals surface area contributed by atoms with E-state index in [1.807, 2.05) is 6.21 Å². The molecule has 1 amide bonds. The molecular weight excluding hydrogens is 335 g/mol. The molecule has 124 valence electrons. The summed E-state index contributed by atoms with van der Waals surface area (Å²) in [5, 5.41) is 5.01. The first-order valence-corrected chi connectivity index (χ1v) is 8.73. The molecule has 0 aliphatic heterocycles. The average molecular weight is 355 g/mol. The van der Waals surface area contributed by atoms with Crippen molar-refractivity contribution in [3.05, 3.63) is 28.2 Å². The summed E-state index contributed by atoms with van der Waals surface area (Å²) in [6.07, 6.45) is 6.38. The zero-order valence-electron chi connectivity index (χ0n) is 13.0. The summed E-state index contributed by atoms with van der Waals surface area (Å²) < 4.78 is 5.56. The van der Waals surface area contributed by atoms with Gasteiger partial charge in [-0.25, -0.2) is 5.43 Å². The first kappa shape index (κ1) is 16.6. The Bertz CT molecular complexity index is 621. The molecule has 0 saturated heterocycles. The van der Waals surface area contributed by atoms with Gasteiger partial charge in [0.25, 0.3) is 5.91 Å². The fourth-order valence-electron chi connectivity index (χ4n) is 3.58. The second kappa shape index (κ2) is 7.10. The maximum atomic E-state index is 12.0. The molecule has 2 aliphatic carbocycles. The molecule has 0 radical (unpaired) electrons. The Balaban J connectivity index is 1.49. The summed E-state index contributed by atoms with van der Waals surface area (Å²) in [6.45, 7) is 1.66. The van der Waals surface area contributed by atoms with E-state index < -0.39 is 6.10 Å². The van der Waals surface area contributed by atoms with E-state index in [0.717, 1.165) is 11.8 Å². The van der Waals surface area contributed by atoms with Crippen molar-refractivity contribution >= 4 is 35.3 Å². The van der Waals surface area contributed by atoms with Crippen molar-refractivity contribution < 1.29 is 9.53 Å². The molecule has 23 heavy (non-hydrogen) atoms. The summed E-state index contributed by atoms with van der Waals surface area (Å²) >= 11 is 11.9. The van der Waals surface area contributed by atoms with Crippen molar-refractivity contribution in [1.82, 2.24) is 5.43 Å². The molecule has 6 heteroatoms. The second-order valence-corrected chi connectivity index (χ2v) is 7.27. The Morgan fingerprint density at radius 3 is 2.87 bits per heavy atom. The largest absolute Gasteiger partial charge is 0.479 e. The van der Waals surface area contributed by atoms with Crippen molar-refractivity contribution in [3.8, 4) is 5.75 Å². The van der Waals surface area contributed by atoms with E-state index in [0.29, 0.717) is 21.7 Å². The van der Waals surface area contributed by atoms with Gasteiger partial charge >= 0.3 is 0 Å². The Morgan fingerprint density at radius 2 is 2.22 bits per heavy atom. The lowest BCUT2D eigenvalue weighted by molar-refractivity contribution is -0.127. The highest BCUT2D eigenvalue weighted by molar-refractivity contribution is 6.35. The summed E-state index contributed by atoms with van der Waals surface area (Å²) in [5.74, 6) is 2.26. The van der Waals surface area contributed by atoms with E-state index in [9.17, 15) is 4.79 Å². The summed E-state index contributed by atoms with van der Waals surface area (Å²) in [4.78, 5) is 12.0. The van der Waals surface area contributed by atoms with Gasteiger partial charge in [0.15, 0.2) is 6.10 Å². The molecule has 2 saturated carbocycles. The third-order valence-corrected chi connectivity index (χ3v) is 5.33. The Kier molecular flexibility index (Phi) is 5.12. The van der Waals surface area contributed by atoms with Crippen LogP contribution in [0.25, 0.3) is 0 Å². The number of halogens is 2. The quantitative estimate of drug-likeness (QED) is 0.632. The lowest BCUT2D eigenvalue weighted by Gasteiger charge is -2.17. The number of nitrogens with one attached hydrogen (secondary N) is 1. The van der Waals surface area contributed by atoms with E-state index >= 15 is 0 Å². The summed E-state index contributed by atoms with van der Waals surface area (Å²) in [5.41, 5.74) is 2.56. The molecule has 2 aliphatic rings. The predicted octanol–water partition coefficient (Wildman–Crippen LogP) is 4.30. The first-order chi connectivity index (χ1) is 11.0. The molecule has 0 spiro atoms. The van der Waals surface area contributed by atoms with Crippen LogP contribution in [0.1, 0.15) is 32.6 Å². The fourth-order valence-corrected chi connectivity index (χ4v) is 4.03. The fraction of sp³-hybridized carbons (Fsp3) is 0.529. The minimum absolute atomic E-state index is 0.296. The van der Waals surface area contributed by atoms with E-state index in [1.165, 1.54) is 25.7 Å². The summed E-state index contributed by atoms with van der Waals surface area (Å²) in [7, 11) is 0. The highest BCUT2D eigenvalue weighted by Gasteiger charge is 2.38. The van der Waals surface area contributed by atoms with Crippen molar-refractivity contribution in [2.75, 3.05) is 0 Å². The highest BCUT2D eigenvalue weighted by Crippen LogP contribution is 2.47. The molecule has 1 aromatic carbocycles. The van der Waals surface area contributed by atoms with Gasteiger partial charge in [0.1, 0.15) is 5.75 Å². The second-order valence-electron chi connectivity index (χ2n) is 6.43. The first-order valence-electron chi connectivity index (χ1n) is 7.97. The number of fused-ring (bicyclic) bond motifs is 2. The van der Waals surface area contributed by atoms with Gasteiger partial charge in [-0.2, -0.15) is 5.10 Å². The average Bonchev–Trinajstić information content (AvgIpc) is 3.12. The van der Waals surface area contributed by atoms with Gasteiger partial charge in [-0.1, -0.05) is 29.6 Å². The van der Waals surface area contributed by atoms with Gasteiger partial charge < -0.3 is 4.74 Å². The Labute approximate surface area is 146 Å². The molecule has 4 unspecified atom stereocenters. The standard InChI is InChI=1S/C17H20Cl2N2O2/c1-10(23-16-5-4-14(18)8-15(16)19)17(22)21-20-9-13-7-11-2-3-12(13)6-11/h4-5,8-13H,2-3,6-7H2,1H3,(H,21,22). The van der Waals surface area contributed by atoms with Crippen LogP contribution in [0.4, 0.5) is 0 Å². The monoisotopic (exact) mass is 354 g/mol. The Hall–Kier alpha value is -1.26. The topological polar surface area (TPSA) is 50.7 Å².